The number of fused-ring (bicyclic) bond motifs is 2. The molecule has 0 aromatic heterocycles. The lowest BCUT2D eigenvalue weighted by atomic mass is 9.76. The Bertz CT molecular complexity index is 445. The molecule has 3 rings (SSSR count). The second-order valence-electron chi connectivity index (χ2n) is 4.86. The maximum Gasteiger partial charge on any atom is 0.220 e. The van der Waals surface area contributed by atoms with E-state index in [4.69, 9.17) is 0 Å². The summed E-state index contributed by atoms with van der Waals surface area (Å²) >= 11 is 3.52. The molecule has 1 aliphatic carbocycles. The Hall–Kier alpha value is -0.830. The van der Waals surface area contributed by atoms with Gasteiger partial charge < -0.3 is 5.32 Å². The second kappa shape index (κ2) is 3.59. The van der Waals surface area contributed by atoms with Gasteiger partial charge in [0, 0.05) is 22.9 Å². The zero-order chi connectivity index (χ0) is 11.2. The molecule has 1 saturated heterocycles. The van der Waals surface area contributed by atoms with Crippen LogP contribution in [0, 0.1) is 0 Å². The average Bonchev–Trinajstić information content (AvgIpc) is 2.62. The quantitative estimate of drug-likeness (QED) is 0.777. The van der Waals surface area contributed by atoms with Gasteiger partial charge in [0.25, 0.3) is 0 Å². The highest BCUT2D eigenvalue weighted by Crippen LogP contribution is 2.44. The van der Waals surface area contributed by atoms with Crippen LogP contribution >= 0.6 is 15.9 Å². The van der Waals surface area contributed by atoms with Crippen LogP contribution < -0.4 is 5.32 Å². The molecule has 1 unspecified atom stereocenters. The van der Waals surface area contributed by atoms with Gasteiger partial charge in [0.1, 0.15) is 0 Å². The maximum atomic E-state index is 11.3. The Morgan fingerprint density at radius 2 is 2.06 bits per heavy atom. The molecule has 1 atom stereocenters. The molecule has 3 heteroatoms. The molecule has 1 fully saturated rings. The number of carbonyl (C=O) groups excluding carboxylic acids is 1. The Kier molecular flexibility index (Phi) is 2.32. The minimum absolute atomic E-state index is 0.205. The molecule has 1 aromatic rings. The van der Waals surface area contributed by atoms with Crippen LogP contribution in [-0.2, 0) is 16.6 Å². The van der Waals surface area contributed by atoms with Gasteiger partial charge >= 0.3 is 0 Å². The molecule has 0 radical (unpaired) electrons. The summed E-state index contributed by atoms with van der Waals surface area (Å²) in [4.78, 5) is 11.3. The van der Waals surface area contributed by atoms with Crippen LogP contribution in [0.25, 0.3) is 0 Å². The van der Waals surface area contributed by atoms with Crippen molar-refractivity contribution in [2.75, 3.05) is 6.54 Å². The maximum absolute atomic E-state index is 11.3. The van der Waals surface area contributed by atoms with Crippen LogP contribution in [0.15, 0.2) is 22.7 Å². The number of hydrogen-bond acceptors (Lipinski definition) is 1. The van der Waals surface area contributed by atoms with Crippen LogP contribution in [0.1, 0.15) is 30.4 Å². The third kappa shape index (κ3) is 1.49. The van der Waals surface area contributed by atoms with Gasteiger partial charge in [-0.25, -0.2) is 0 Å². The van der Waals surface area contributed by atoms with E-state index in [9.17, 15) is 4.79 Å². The van der Waals surface area contributed by atoms with Gasteiger partial charge in [0.2, 0.25) is 5.91 Å². The fourth-order valence-corrected chi connectivity index (χ4v) is 3.44. The summed E-state index contributed by atoms with van der Waals surface area (Å²) in [6.45, 7) is 0.820. The lowest BCUT2D eigenvalue weighted by Gasteiger charge is -2.34. The number of nitrogens with one attached hydrogen (secondary N) is 1. The third-order valence-electron chi connectivity index (χ3n) is 3.97. The molecular formula is C13H14BrNO. The van der Waals surface area contributed by atoms with E-state index >= 15 is 0 Å². The predicted molar refractivity (Wildman–Crippen MR) is 66.4 cm³/mol. The van der Waals surface area contributed by atoms with Crippen molar-refractivity contribution < 1.29 is 4.79 Å². The van der Waals surface area contributed by atoms with Crippen LogP contribution in [0.5, 0.6) is 0 Å². The van der Waals surface area contributed by atoms with Crippen molar-refractivity contribution in [3.63, 3.8) is 0 Å². The lowest BCUT2D eigenvalue weighted by Crippen LogP contribution is -2.44. The Morgan fingerprint density at radius 3 is 2.81 bits per heavy atom. The molecule has 2 nitrogen and oxygen atoms in total. The summed E-state index contributed by atoms with van der Waals surface area (Å²) in [6, 6.07) is 6.56. The molecule has 0 saturated carbocycles. The van der Waals surface area contributed by atoms with Crippen LogP contribution in [0.2, 0.25) is 0 Å². The van der Waals surface area contributed by atoms with Crippen molar-refractivity contribution >= 4 is 21.8 Å². The highest BCUT2D eigenvalue weighted by Gasteiger charge is 2.41. The van der Waals surface area contributed by atoms with Gasteiger partial charge in [-0.15, -0.1) is 0 Å². The summed E-state index contributed by atoms with van der Waals surface area (Å²) in [6.07, 6.45) is 4.01. The van der Waals surface area contributed by atoms with Crippen molar-refractivity contribution in [3.8, 4) is 0 Å². The fourth-order valence-electron chi connectivity index (χ4n) is 3.04. The number of benzene rings is 1. The molecular weight excluding hydrogens is 266 g/mol. The van der Waals surface area contributed by atoms with Crippen LogP contribution in [0.4, 0.5) is 0 Å². The van der Waals surface area contributed by atoms with E-state index in [-0.39, 0.29) is 11.3 Å². The molecule has 1 aromatic carbocycles. The highest BCUT2D eigenvalue weighted by atomic mass is 79.9. The largest absolute Gasteiger partial charge is 0.355 e. The van der Waals surface area contributed by atoms with Crippen molar-refractivity contribution in [3.05, 3.63) is 33.8 Å². The fraction of sp³-hybridized carbons (Fsp3) is 0.462. The zero-order valence-electron chi connectivity index (χ0n) is 9.05. The number of rotatable bonds is 0. The Labute approximate surface area is 104 Å². The minimum atomic E-state index is 0.205. The molecule has 1 amide bonds. The Morgan fingerprint density at radius 1 is 1.25 bits per heavy atom. The molecule has 1 spiro atoms. The van der Waals surface area contributed by atoms with E-state index in [1.165, 1.54) is 17.5 Å². The van der Waals surface area contributed by atoms with E-state index in [1.54, 1.807) is 0 Å². The zero-order valence-corrected chi connectivity index (χ0v) is 10.6. The summed E-state index contributed by atoms with van der Waals surface area (Å²) in [5, 5.41) is 3.02. The number of hydrogen-bond donors (Lipinski definition) is 1. The summed E-state index contributed by atoms with van der Waals surface area (Å²) < 4.78 is 1.16. The summed E-state index contributed by atoms with van der Waals surface area (Å²) in [5.41, 5.74) is 3.13. The summed E-state index contributed by atoms with van der Waals surface area (Å²) in [7, 11) is 0. The molecule has 1 heterocycles. The van der Waals surface area contributed by atoms with E-state index in [0.29, 0.717) is 6.42 Å². The molecule has 2 aliphatic rings. The van der Waals surface area contributed by atoms with E-state index < -0.39 is 0 Å². The van der Waals surface area contributed by atoms with Crippen molar-refractivity contribution in [2.24, 2.45) is 0 Å². The first kappa shape index (κ1) is 10.3. The van der Waals surface area contributed by atoms with Gasteiger partial charge in [-0.1, -0.05) is 22.0 Å². The average molecular weight is 280 g/mol. The minimum Gasteiger partial charge on any atom is -0.355 e. The van der Waals surface area contributed by atoms with Gasteiger partial charge in [0.05, 0.1) is 0 Å². The van der Waals surface area contributed by atoms with Gasteiger partial charge in [-0.05, 0) is 42.5 Å². The van der Waals surface area contributed by atoms with Gasteiger partial charge in [0.15, 0.2) is 0 Å². The SMILES string of the molecule is O=C1CCC2(CCc3cc(Br)ccc32)CN1. The van der Waals surface area contributed by atoms with Crippen molar-refractivity contribution in [2.45, 2.75) is 31.1 Å². The lowest BCUT2D eigenvalue weighted by molar-refractivity contribution is -0.123. The highest BCUT2D eigenvalue weighted by molar-refractivity contribution is 9.10. The van der Waals surface area contributed by atoms with E-state index in [0.717, 1.165) is 23.9 Å². The van der Waals surface area contributed by atoms with Crippen LogP contribution in [0.3, 0.4) is 0 Å². The van der Waals surface area contributed by atoms with Crippen molar-refractivity contribution in [1.82, 2.24) is 5.32 Å². The van der Waals surface area contributed by atoms with Crippen molar-refractivity contribution in [1.29, 1.82) is 0 Å². The molecule has 1 aliphatic heterocycles. The van der Waals surface area contributed by atoms with Crippen LogP contribution in [-0.4, -0.2) is 12.5 Å². The topological polar surface area (TPSA) is 29.1 Å². The number of amides is 1. The first-order valence-electron chi connectivity index (χ1n) is 5.75. The second-order valence-corrected chi connectivity index (χ2v) is 5.77. The van der Waals surface area contributed by atoms with Gasteiger partial charge in [-0.2, -0.15) is 0 Å². The third-order valence-corrected chi connectivity index (χ3v) is 4.46. The number of carbonyl (C=O) groups is 1. The number of aryl methyl sites for hydroxylation is 1. The smallest absolute Gasteiger partial charge is 0.220 e. The predicted octanol–water partition coefficient (Wildman–Crippen LogP) is 2.54. The van der Waals surface area contributed by atoms with E-state index in [2.05, 4.69) is 39.4 Å². The normalized spacial score (nSPS) is 27.9. The molecule has 0 bridgehead atoms. The molecule has 1 N–H and O–H groups in total. The monoisotopic (exact) mass is 279 g/mol. The Balaban J connectivity index is 1.99. The van der Waals surface area contributed by atoms with E-state index in [1.807, 2.05) is 0 Å². The summed E-state index contributed by atoms with van der Waals surface area (Å²) in [5.74, 6) is 0.205. The van der Waals surface area contributed by atoms with Gasteiger partial charge in [-0.3, -0.25) is 4.79 Å². The standard InChI is InChI=1S/C13H14BrNO/c14-10-1-2-11-9(7-10)3-5-13(11)6-4-12(16)15-8-13/h1-2,7H,3-6,8H2,(H,15,16). The first-order valence-corrected chi connectivity index (χ1v) is 6.55. The molecule has 84 valence electrons. The number of halogens is 1. The first-order chi connectivity index (χ1) is 7.70. The number of piperidine rings is 1. The molecule has 16 heavy (non-hydrogen) atoms.